The largest absolute Gasteiger partial charge is 0.207 e. The molecule has 30 heavy (non-hydrogen) atoms. The van der Waals surface area contributed by atoms with Gasteiger partial charge in [-0.3, -0.25) is 0 Å². The predicted molar refractivity (Wildman–Crippen MR) is 115 cm³/mol. The maximum absolute atomic E-state index is 14.6. The van der Waals surface area contributed by atoms with Crippen LogP contribution in [0.4, 0.5) is 17.6 Å². The van der Waals surface area contributed by atoms with E-state index in [9.17, 15) is 17.6 Å². The lowest BCUT2D eigenvalue weighted by Crippen LogP contribution is -1.92. The minimum atomic E-state index is -0.719. The summed E-state index contributed by atoms with van der Waals surface area (Å²) >= 11 is 0. The van der Waals surface area contributed by atoms with Gasteiger partial charge in [-0.05, 0) is 23.3 Å². The summed E-state index contributed by atoms with van der Waals surface area (Å²) < 4.78 is 57.1. The van der Waals surface area contributed by atoms with Crippen molar-refractivity contribution < 1.29 is 17.6 Å². The molecule has 0 spiro atoms. The third-order valence-electron chi connectivity index (χ3n) is 4.38. The van der Waals surface area contributed by atoms with Gasteiger partial charge in [0.1, 0.15) is 23.3 Å². The van der Waals surface area contributed by atoms with Crippen LogP contribution in [0.3, 0.4) is 0 Å². The van der Waals surface area contributed by atoms with Gasteiger partial charge in [-0.15, -0.1) is 0 Å². The van der Waals surface area contributed by atoms with Gasteiger partial charge >= 0.3 is 0 Å². The minimum absolute atomic E-state index is 0.243. The Morgan fingerprint density at radius 3 is 1.20 bits per heavy atom. The molecule has 0 atom stereocenters. The molecule has 0 nitrogen and oxygen atoms in total. The zero-order valence-electron chi connectivity index (χ0n) is 15.4. The van der Waals surface area contributed by atoms with Crippen molar-refractivity contribution in [1.82, 2.24) is 0 Å². The first-order valence-electron chi connectivity index (χ1n) is 8.96. The van der Waals surface area contributed by atoms with Crippen LogP contribution in [0, 0.1) is 23.3 Å². The molecule has 0 aliphatic carbocycles. The van der Waals surface area contributed by atoms with Crippen molar-refractivity contribution >= 4 is 21.6 Å². The SMILES string of the molecule is Fc1cc(F)c(-c2ccccc2)c(SSc2cc(F)cc(F)c2-c2ccccc2)c1. The van der Waals surface area contributed by atoms with Crippen molar-refractivity contribution in [1.29, 1.82) is 0 Å². The van der Waals surface area contributed by atoms with E-state index in [1.54, 1.807) is 60.7 Å². The van der Waals surface area contributed by atoms with Crippen LogP contribution >= 0.6 is 21.6 Å². The van der Waals surface area contributed by atoms with Crippen LogP contribution in [0.5, 0.6) is 0 Å². The van der Waals surface area contributed by atoms with Gasteiger partial charge in [-0.25, -0.2) is 17.6 Å². The number of benzene rings is 4. The Morgan fingerprint density at radius 2 is 0.833 bits per heavy atom. The molecule has 4 aromatic carbocycles. The molecule has 0 N–H and O–H groups in total. The van der Waals surface area contributed by atoms with Gasteiger partial charge < -0.3 is 0 Å². The Labute approximate surface area is 179 Å². The molecule has 6 heteroatoms. The first-order valence-corrected chi connectivity index (χ1v) is 11.1. The second-order valence-electron chi connectivity index (χ2n) is 6.42. The Kier molecular flexibility index (Phi) is 6.16. The van der Waals surface area contributed by atoms with Crippen molar-refractivity contribution in [3.63, 3.8) is 0 Å². The van der Waals surface area contributed by atoms with Crippen molar-refractivity contribution in [2.75, 3.05) is 0 Å². The van der Waals surface area contributed by atoms with Crippen molar-refractivity contribution in [3.8, 4) is 22.3 Å². The molecule has 0 heterocycles. The molecule has 0 aliphatic heterocycles. The summed E-state index contributed by atoms with van der Waals surface area (Å²) in [5.74, 6) is -2.83. The highest BCUT2D eigenvalue weighted by Gasteiger charge is 2.18. The van der Waals surface area contributed by atoms with Crippen LogP contribution < -0.4 is 0 Å². The van der Waals surface area contributed by atoms with E-state index >= 15 is 0 Å². The van der Waals surface area contributed by atoms with Crippen LogP contribution in [0.25, 0.3) is 22.3 Å². The third kappa shape index (κ3) is 4.40. The molecule has 4 aromatic rings. The Morgan fingerprint density at radius 1 is 0.467 bits per heavy atom. The highest BCUT2D eigenvalue weighted by Crippen LogP contribution is 2.47. The minimum Gasteiger partial charge on any atom is -0.207 e. The quantitative estimate of drug-likeness (QED) is 0.225. The van der Waals surface area contributed by atoms with Gasteiger partial charge in [0.15, 0.2) is 0 Å². The van der Waals surface area contributed by atoms with Gasteiger partial charge in [-0.2, -0.15) is 0 Å². The van der Waals surface area contributed by atoms with Crippen LogP contribution in [-0.4, -0.2) is 0 Å². The van der Waals surface area contributed by atoms with E-state index in [1.165, 1.54) is 12.1 Å². The van der Waals surface area contributed by atoms with Crippen LogP contribution in [0.2, 0.25) is 0 Å². The van der Waals surface area contributed by atoms with E-state index in [0.29, 0.717) is 20.9 Å². The summed E-state index contributed by atoms with van der Waals surface area (Å²) in [6.45, 7) is 0. The van der Waals surface area contributed by atoms with Crippen molar-refractivity contribution in [2.45, 2.75) is 9.79 Å². The average Bonchev–Trinajstić information content (AvgIpc) is 2.72. The predicted octanol–water partition coefficient (Wildman–Crippen LogP) is 8.38. The average molecular weight is 443 g/mol. The first kappa shape index (κ1) is 20.6. The second-order valence-corrected chi connectivity index (χ2v) is 8.63. The number of halogens is 4. The van der Waals surface area contributed by atoms with Crippen molar-refractivity contribution in [3.05, 3.63) is 108 Å². The van der Waals surface area contributed by atoms with E-state index in [4.69, 9.17) is 0 Å². The second kappa shape index (κ2) is 8.98. The summed E-state index contributed by atoms with van der Waals surface area (Å²) in [4.78, 5) is 0.653. The van der Waals surface area contributed by atoms with Gasteiger partial charge in [0.25, 0.3) is 0 Å². The molecule has 0 bridgehead atoms. The van der Waals surface area contributed by atoms with E-state index in [1.807, 2.05) is 0 Å². The fourth-order valence-electron chi connectivity index (χ4n) is 3.09. The number of hydrogen-bond donors (Lipinski definition) is 0. The number of rotatable bonds is 5. The lowest BCUT2D eigenvalue weighted by Gasteiger charge is -2.13. The molecule has 0 radical (unpaired) electrons. The van der Waals surface area contributed by atoms with Crippen molar-refractivity contribution in [2.24, 2.45) is 0 Å². The normalized spacial score (nSPS) is 10.9. The molecular weight excluding hydrogens is 428 g/mol. The van der Waals surface area contributed by atoms with E-state index < -0.39 is 23.3 Å². The molecule has 0 saturated carbocycles. The Bertz CT molecular complexity index is 1080. The summed E-state index contributed by atoms with van der Waals surface area (Å²) in [5, 5.41) is 0. The highest BCUT2D eigenvalue weighted by atomic mass is 33.1. The van der Waals surface area contributed by atoms with Crippen LogP contribution in [0.15, 0.2) is 94.7 Å². The van der Waals surface area contributed by atoms with E-state index in [0.717, 1.165) is 33.7 Å². The molecule has 150 valence electrons. The molecule has 0 aromatic heterocycles. The fraction of sp³-hybridized carbons (Fsp3) is 0. The third-order valence-corrected chi connectivity index (χ3v) is 6.80. The van der Waals surface area contributed by atoms with Gasteiger partial charge in [0.05, 0.1) is 0 Å². The molecule has 0 aliphatic rings. The molecule has 0 saturated heterocycles. The monoisotopic (exact) mass is 442 g/mol. The molecule has 0 amide bonds. The van der Waals surface area contributed by atoms with Crippen LogP contribution in [-0.2, 0) is 0 Å². The van der Waals surface area contributed by atoms with Gasteiger partial charge in [0, 0.05) is 33.1 Å². The smallest absolute Gasteiger partial charge is 0.135 e. The lowest BCUT2D eigenvalue weighted by atomic mass is 10.1. The Balaban J connectivity index is 1.75. The maximum Gasteiger partial charge on any atom is 0.135 e. The number of hydrogen-bond acceptors (Lipinski definition) is 2. The van der Waals surface area contributed by atoms with Gasteiger partial charge in [0.2, 0.25) is 0 Å². The summed E-state index contributed by atoms with van der Waals surface area (Å²) in [5.41, 5.74) is 1.67. The van der Waals surface area contributed by atoms with E-state index in [2.05, 4.69) is 0 Å². The zero-order chi connectivity index (χ0) is 21.1. The van der Waals surface area contributed by atoms with Gasteiger partial charge in [-0.1, -0.05) is 82.3 Å². The zero-order valence-corrected chi connectivity index (χ0v) is 17.0. The van der Waals surface area contributed by atoms with E-state index in [-0.39, 0.29) is 11.1 Å². The Hall–Kier alpha value is -2.70. The topological polar surface area (TPSA) is 0 Å². The summed E-state index contributed by atoms with van der Waals surface area (Å²) in [6.07, 6.45) is 0. The fourth-order valence-corrected chi connectivity index (χ4v) is 5.52. The highest BCUT2D eigenvalue weighted by molar-refractivity contribution is 8.76. The van der Waals surface area contributed by atoms with Crippen LogP contribution in [0.1, 0.15) is 0 Å². The lowest BCUT2D eigenvalue weighted by molar-refractivity contribution is 0.579. The standard InChI is InChI=1S/C24H14F4S2/c25-17-11-19(27)23(15-7-3-1-4-8-15)21(13-17)29-30-22-14-18(26)12-20(28)24(22)16-9-5-2-6-10-16/h1-14H. The first-order chi connectivity index (χ1) is 14.5. The summed E-state index contributed by atoms with van der Waals surface area (Å²) in [7, 11) is 2.11. The molecule has 0 unspecified atom stereocenters. The molecular formula is C24H14F4S2. The maximum atomic E-state index is 14.6. The molecule has 4 rings (SSSR count). The molecule has 0 fully saturated rings. The summed E-state index contributed by atoms with van der Waals surface area (Å²) in [6, 6.07) is 21.6.